The van der Waals surface area contributed by atoms with Crippen LogP contribution in [0, 0.1) is 21.8 Å². The smallest absolute Gasteiger partial charge is 0.435 e. The van der Waals surface area contributed by atoms with Gasteiger partial charge in [-0.3, -0.25) is 0 Å². The molecule has 37 heavy (non-hydrogen) atoms. The molecule has 0 aliphatic carbocycles. The topological polar surface area (TPSA) is 26.5 Å². The van der Waals surface area contributed by atoms with Crippen molar-refractivity contribution in [3.05, 3.63) is 114 Å². The number of rotatable bonds is 7. The number of hydrogen-bond acceptors (Lipinski definition) is 1. The summed E-state index contributed by atoms with van der Waals surface area (Å²) >= 11 is 0. The van der Waals surface area contributed by atoms with Crippen molar-refractivity contribution < 1.29 is 0 Å². The molecule has 0 N–H and O–H groups in total. The van der Waals surface area contributed by atoms with Gasteiger partial charge >= 0.3 is 17.4 Å². The third kappa shape index (κ3) is 8.33. The van der Waals surface area contributed by atoms with E-state index in [4.69, 9.17) is 10.3 Å². The average molecular weight is 511 g/mol. The molecule has 0 aliphatic rings. The van der Waals surface area contributed by atoms with Gasteiger partial charge in [-0.1, -0.05) is 127 Å². The van der Waals surface area contributed by atoms with Gasteiger partial charge in [-0.15, -0.1) is 0 Å². The molecule has 0 unspecified atom stereocenters. The molecular formula is C34H47AlN2. The normalized spacial score (nSPS) is 11.3. The quantitative estimate of drug-likeness (QED) is 0.131. The molecule has 3 rings (SSSR count). The van der Waals surface area contributed by atoms with Crippen molar-refractivity contribution in [2.45, 2.75) is 86.0 Å². The molecule has 3 aromatic carbocycles. The molecule has 3 heteroatoms. The summed E-state index contributed by atoms with van der Waals surface area (Å²) in [5.74, 6) is 2.30. The first-order valence-corrected chi connectivity index (χ1v) is 12.7. The van der Waals surface area contributed by atoms with Crippen LogP contribution in [0.25, 0.3) is 5.32 Å². The van der Waals surface area contributed by atoms with Crippen molar-refractivity contribution in [2.75, 3.05) is 0 Å². The molecule has 0 spiro atoms. The SMILES string of the molecule is Cc1ccc(C(=Nc2c(C(C)C)cccc2C(C)C)[N-]c2c(C(C)C)cccc2C(C)C)cc1.[Al+3].[CH3-].[CH3-]. The van der Waals surface area contributed by atoms with E-state index in [9.17, 15) is 0 Å². The van der Waals surface area contributed by atoms with Gasteiger partial charge in [-0.2, -0.15) is 0 Å². The van der Waals surface area contributed by atoms with Gasteiger partial charge in [0.05, 0.1) is 0 Å². The Bertz CT molecular complexity index is 1090. The summed E-state index contributed by atoms with van der Waals surface area (Å²) in [5, 5.41) is 5.35. The minimum Gasteiger partial charge on any atom is -0.435 e. The third-order valence-corrected chi connectivity index (χ3v) is 6.43. The Hall–Kier alpha value is -2.34. The van der Waals surface area contributed by atoms with Gasteiger partial charge in [0.25, 0.3) is 0 Å². The number of aliphatic imine (C=N–C) groups is 1. The molecule has 0 saturated heterocycles. The van der Waals surface area contributed by atoms with Gasteiger partial charge in [0.1, 0.15) is 0 Å². The zero-order chi connectivity index (χ0) is 25.0. The zero-order valence-corrected chi connectivity index (χ0v) is 26.2. The molecule has 2 nitrogen and oxygen atoms in total. The van der Waals surface area contributed by atoms with Gasteiger partial charge < -0.3 is 25.2 Å². The third-order valence-electron chi connectivity index (χ3n) is 6.43. The van der Waals surface area contributed by atoms with Crippen LogP contribution in [0.2, 0.25) is 0 Å². The van der Waals surface area contributed by atoms with Crippen LogP contribution in [0.4, 0.5) is 11.4 Å². The van der Waals surface area contributed by atoms with E-state index in [1.54, 1.807) is 0 Å². The Morgan fingerprint density at radius 1 is 0.595 bits per heavy atom. The van der Waals surface area contributed by atoms with Crippen molar-refractivity contribution in [3.63, 3.8) is 0 Å². The van der Waals surface area contributed by atoms with Crippen LogP contribution >= 0.6 is 0 Å². The zero-order valence-electron chi connectivity index (χ0n) is 25.1. The summed E-state index contributed by atoms with van der Waals surface area (Å²) in [4.78, 5) is 5.35. The maximum Gasteiger partial charge on any atom is 3.00 e. The maximum absolute atomic E-state index is 5.35. The Morgan fingerprint density at radius 3 is 1.35 bits per heavy atom. The fraction of sp³-hybridized carbons (Fsp3) is 0.382. The Morgan fingerprint density at radius 2 is 0.973 bits per heavy atom. The van der Waals surface area contributed by atoms with Crippen molar-refractivity contribution in [3.8, 4) is 0 Å². The summed E-state index contributed by atoms with van der Waals surface area (Å²) in [6.07, 6.45) is 0. The van der Waals surface area contributed by atoms with Crippen LogP contribution in [0.3, 0.4) is 0 Å². The molecule has 0 amide bonds. The first-order valence-electron chi connectivity index (χ1n) is 12.7. The van der Waals surface area contributed by atoms with E-state index in [1.165, 1.54) is 27.8 Å². The molecular weight excluding hydrogens is 463 g/mol. The van der Waals surface area contributed by atoms with Crippen LogP contribution in [0.5, 0.6) is 0 Å². The molecule has 196 valence electrons. The number of aryl methyl sites for hydroxylation is 1. The molecule has 0 aromatic heterocycles. The molecule has 0 atom stereocenters. The van der Waals surface area contributed by atoms with Crippen molar-refractivity contribution in [2.24, 2.45) is 4.99 Å². The van der Waals surface area contributed by atoms with Crippen LogP contribution in [0.15, 0.2) is 65.7 Å². The summed E-state index contributed by atoms with van der Waals surface area (Å²) in [6.45, 7) is 20.1. The van der Waals surface area contributed by atoms with Gasteiger partial charge in [0.2, 0.25) is 0 Å². The predicted molar refractivity (Wildman–Crippen MR) is 168 cm³/mol. The predicted octanol–water partition coefficient (Wildman–Crippen LogP) is 10.8. The molecule has 0 bridgehead atoms. The number of amidine groups is 1. The van der Waals surface area contributed by atoms with Gasteiger partial charge in [-0.05, 0) is 69.8 Å². The van der Waals surface area contributed by atoms with Gasteiger partial charge in [-0.25, -0.2) is 0 Å². The monoisotopic (exact) mass is 510 g/mol. The van der Waals surface area contributed by atoms with Crippen LogP contribution < -0.4 is 0 Å². The molecule has 0 saturated carbocycles. The molecule has 0 aliphatic heterocycles. The fourth-order valence-corrected chi connectivity index (χ4v) is 4.35. The second-order valence-corrected chi connectivity index (χ2v) is 10.6. The van der Waals surface area contributed by atoms with E-state index in [2.05, 4.69) is 123 Å². The molecule has 0 heterocycles. The first kappa shape index (κ1) is 34.7. The van der Waals surface area contributed by atoms with Crippen LogP contribution in [0.1, 0.15) is 112 Å². The van der Waals surface area contributed by atoms with E-state index < -0.39 is 0 Å². The number of para-hydroxylation sites is 2. The minimum atomic E-state index is 0. The largest absolute Gasteiger partial charge is 3.00 e. The molecule has 0 radical (unpaired) electrons. The number of hydrogen-bond donors (Lipinski definition) is 0. The first-order chi connectivity index (χ1) is 16.1. The van der Waals surface area contributed by atoms with Crippen LogP contribution in [-0.4, -0.2) is 23.2 Å². The van der Waals surface area contributed by atoms with E-state index in [-0.39, 0.29) is 32.2 Å². The van der Waals surface area contributed by atoms with Crippen molar-refractivity contribution >= 4 is 34.6 Å². The Kier molecular flexibility index (Phi) is 14.2. The van der Waals surface area contributed by atoms with Crippen molar-refractivity contribution in [1.82, 2.24) is 0 Å². The van der Waals surface area contributed by atoms with E-state index in [1.807, 2.05) is 0 Å². The molecule has 0 fully saturated rings. The van der Waals surface area contributed by atoms with E-state index in [0.717, 1.165) is 22.8 Å². The van der Waals surface area contributed by atoms with Crippen molar-refractivity contribution in [1.29, 1.82) is 0 Å². The maximum atomic E-state index is 5.35. The van der Waals surface area contributed by atoms with Gasteiger partial charge in [0, 0.05) is 0 Å². The van der Waals surface area contributed by atoms with E-state index >= 15 is 0 Å². The standard InChI is InChI=1S/C32H41N2.2CH3.Al/c1-20(2)26-12-10-13-27(21(3)4)30(26)33-32(25-18-16-24(9)17-19-25)34-31-28(22(5)6)14-11-15-29(31)23(7)8;;;/h10-23H,1-9H3;2*1H3;/q3*-1;+3. The number of nitrogens with zero attached hydrogens (tertiary/aromatic N) is 2. The summed E-state index contributed by atoms with van der Waals surface area (Å²) < 4.78 is 0. The summed E-state index contributed by atoms with van der Waals surface area (Å²) in [6, 6.07) is 21.8. The van der Waals surface area contributed by atoms with Gasteiger partial charge in [0.15, 0.2) is 0 Å². The second kappa shape index (κ2) is 15.2. The molecule has 3 aromatic rings. The Labute approximate surface area is 239 Å². The Balaban J connectivity index is 0.00000432. The number of benzene rings is 3. The summed E-state index contributed by atoms with van der Waals surface area (Å²) in [5.41, 5.74) is 9.50. The van der Waals surface area contributed by atoms with E-state index in [0.29, 0.717) is 23.7 Å². The second-order valence-electron chi connectivity index (χ2n) is 10.6. The average Bonchev–Trinajstić information content (AvgIpc) is 2.78. The minimum absolute atomic E-state index is 0. The van der Waals surface area contributed by atoms with Crippen LogP contribution in [-0.2, 0) is 0 Å². The fourth-order valence-electron chi connectivity index (χ4n) is 4.35. The summed E-state index contributed by atoms with van der Waals surface area (Å²) in [7, 11) is 0.